The van der Waals surface area contributed by atoms with E-state index >= 15 is 0 Å². The Balaban J connectivity index is 1.95. The van der Waals surface area contributed by atoms with Crippen LogP contribution in [-0.2, 0) is 9.59 Å². The van der Waals surface area contributed by atoms with Crippen molar-refractivity contribution in [2.75, 3.05) is 13.1 Å². The van der Waals surface area contributed by atoms with Crippen LogP contribution in [0, 0.1) is 11.3 Å². The molecule has 1 unspecified atom stereocenters. The first-order chi connectivity index (χ1) is 7.04. The van der Waals surface area contributed by atoms with Gasteiger partial charge in [0.15, 0.2) is 0 Å². The molecule has 1 saturated carbocycles. The zero-order chi connectivity index (χ0) is 11.1. The van der Waals surface area contributed by atoms with Crippen molar-refractivity contribution in [1.29, 1.82) is 0 Å². The van der Waals surface area contributed by atoms with Crippen molar-refractivity contribution < 1.29 is 14.7 Å². The molecule has 1 atom stereocenters. The molecule has 2 aliphatic rings. The SMILES string of the molecule is CC(C(=O)O)C(=O)N1CCC2(CCC2)C1. The van der Waals surface area contributed by atoms with Gasteiger partial charge in [-0.1, -0.05) is 6.42 Å². The van der Waals surface area contributed by atoms with Crippen molar-refractivity contribution in [3.8, 4) is 0 Å². The van der Waals surface area contributed by atoms with Gasteiger partial charge in [0.05, 0.1) is 0 Å². The first kappa shape index (κ1) is 10.5. The van der Waals surface area contributed by atoms with E-state index in [1.165, 1.54) is 26.2 Å². The molecule has 0 radical (unpaired) electrons. The number of likely N-dealkylation sites (tertiary alicyclic amines) is 1. The number of aliphatic carboxylic acids is 1. The summed E-state index contributed by atoms with van der Waals surface area (Å²) >= 11 is 0. The summed E-state index contributed by atoms with van der Waals surface area (Å²) in [5, 5.41) is 8.77. The molecule has 1 heterocycles. The van der Waals surface area contributed by atoms with E-state index < -0.39 is 11.9 Å². The van der Waals surface area contributed by atoms with Crippen molar-refractivity contribution in [1.82, 2.24) is 4.90 Å². The van der Waals surface area contributed by atoms with Crippen molar-refractivity contribution in [2.24, 2.45) is 11.3 Å². The zero-order valence-corrected chi connectivity index (χ0v) is 9.03. The Morgan fingerprint density at radius 2 is 2.00 bits per heavy atom. The van der Waals surface area contributed by atoms with Crippen LogP contribution in [0.4, 0.5) is 0 Å². The topological polar surface area (TPSA) is 57.6 Å². The lowest BCUT2D eigenvalue weighted by atomic mass is 9.68. The van der Waals surface area contributed by atoms with Crippen LogP contribution in [0.5, 0.6) is 0 Å². The van der Waals surface area contributed by atoms with Crippen molar-refractivity contribution in [3.05, 3.63) is 0 Å². The fourth-order valence-electron chi connectivity index (χ4n) is 2.59. The molecule has 1 amide bonds. The molecular formula is C11H17NO3. The van der Waals surface area contributed by atoms with Gasteiger partial charge in [0.1, 0.15) is 5.92 Å². The lowest BCUT2D eigenvalue weighted by Gasteiger charge is -2.38. The Kier molecular flexibility index (Phi) is 2.44. The van der Waals surface area contributed by atoms with Gasteiger partial charge in [-0.25, -0.2) is 0 Å². The van der Waals surface area contributed by atoms with Gasteiger partial charge < -0.3 is 10.0 Å². The Labute approximate surface area is 89.3 Å². The van der Waals surface area contributed by atoms with E-state index in [9.17, 15) is 9.59 Å². The predicted octanol–water partition coefficient (Wildman–Crippen LogP) is 1.11. The molecule has 15 heavy (non-hydrogen) atoms. The maximum Gasteiger partial charge on any atom is 0.315 e. The van der Waals surface area contributed by atoms with Crippen molar-refractivity contribution in [3.63, 3.8) is 0 Å². The Bertz CT molecular complexity index is 296. The number of rotatable bonds is 2. The van der Waals surface area contributed by atoms with Gasteiger partial charge >= 0.3 is 5.97 Å². The maximum absolute atomic E-state index is 11.8. The van der Waals surface area contributed by atoms with E-state index in [2.05, 4.69) is 0 Å². The first-order valence-electron chi connectivity index (χ1n) is 5.56. The minimum absolute atomic E-state index is 0.216. The highest BCUT2D eigenvalue weighted by Gasteiger charge is 2.45. The standard InChI is InChI=1S/C11H17NO3/c1-8(10(14)15)9(13)12-6-5-11(7-12)3-2-4-11/h8H,2-7H2,1H3,(H,14,15). The average Bonchev–Trinajstić information content (AvgIpc) is 2.59. The van der Waals surface area contributed by atoms with Crippen molar-refractivity contribution in [2.45, 2.75) is 32.6 Å². The van der Waals surface area contributed by atoms with Crippen LogP contribution in [0.15, 0.2) is 0 Å². The summed E-state index contributed by atoms with van der Waals surface area (Å²) < 4.78 is 0. The number of carbonyl (C=O) groups is 2. The third kappa shape index (κ3) is 1.73. The zero-order valence-electron chi connectivity index (χ0n) is 9.03. The maximum atomic E-state index is 11.8. The summed E-state index contributed by atoms with van der Waals surface area (Å²) in [4.78, 5) is 24.2. The molecule has 1 N–H and O–H groups in total. The van der Waals surface area contributed by atoms with Crippen molar-refractivity contribution >= 4 is 11.9 Å². The molecule has 2 fully saturated rings. The summed E-state index contributed by atoms with van der Waals surface area (Å²) in [5.74, 6) is -2.12. The molecule has 4 nitrogen and oxygen atoms in total. The number of amides is 1. The molecule has 1 aliphatic carbocycles. The number of hydrogen-bond donors (Lipinski definition) is 1. The summed E-state index contributed by atoms with van der Waals surface area (Å²) in [6.07, 6.45) is 4.73. The lowest BCUT2D eigenvalue weighted by molar-refractivity contribution is -0.150. The van der Waals surface area contributed by atoms with Crippen LogP contribution in [0.1, 0.15) is 32.6 Å². The molecular weight excluding hydrogens is 194 g/mol. The first-order valence-corrected chi connectivity index (χ1v) is 5.56. The van der Waals surface area contributed by atoms with E-state index in [1.54, 1.807) is 4.90 Å². The second-order valence-corrected chi connectivity index (χ2v) is 4.92. The van der Waals surface area contributed by atoms with Gasteiger partial charge in [-0.05, 0) is 31.6 Å². The molecule has 0 aromatic heterocycles. The molecule has 0 aromatic carbocycles. The van der Waals surface area contributed by atoms with Crippen LogP contribution >= 0.6 is 0 Å². The molecule has 4 heteroatoms. The van der Waals surface area contributed by atoms with Gasteiger partial charge in [-0.2, -0.15) is 0 Å². The van der Waals surface area contributed by atoms with E-state index in [0.29, 0.717) is 5.41 Å². The normalized spacial score (nSPS) is 25.0. The highest BCUT2D eigenvalue weighted by Crippen LogP contribution is 2.48. The van der Waals surface area contributed by atoms with Gasteiger partial charge in [0.2, 0.25) is 5.91 Å². The molecule has 0 bridgehead atoms. The fourth-order valence-corrected chi connectivity index (χ4v) is 2.59. The summed E-state index contributed by atoms with van der Waals surface area (Å²) in [7, 11) is 0. The highest BCUT2D eigenvalue weighted by molar-refractivity contribution is 5.96. The van der Waals surface area contributed by atoms with E-state index in [-0.39, 0.29) is 5.91 Å². The number of carboxylic acids is 1. The average molecular weight is 211 g/mol. The Hall–Kier alpha value is -1.06. The quantitative estimate of drug-likeness (QED) is 0.696. The fraction of sp³-hybridized carbons (Fsp3) is 0.818. The summed E-state index contributed by atoms with van der Waals surface area (Å²) in [6, 6.07) is 0. The van der Waals surface area contributed by atoms with Crippen LogP contribution in [0.25, 0.3) is 0 Å². The van der Waals surface area contributed by atoms with Crippen LogP contribution < -0.4 is 0 Å². The number of carbonyl (C=O) groups excluding carboxylic acids is 1. The summed E-state index contributed by atoms with van der Waals surface area (Å²) in [6.45, 7) is 3.00. The van der Waals surface area contributed by atoms with Crippen LogP contribution in [-0.4, -0.2) is 35.0 Å². The van der Waals surface area contributed by atoms with E-state index in [4.69, 9.17) is 5.11 Å². The second kappa shape index (κ2) is 3.51. The Morgan fingerprint density at radius 1 is 1.33 bits per heavy atom. The predicted molar refractivity (Wildman–Crippen MR) is 54.3 cm³/mol. The van der Waals surface area contributed by atoms with Gasteiger partial charge in [0.25, 0.3) is 0 Å². The van der Waals surface area contributed by atoms with E-state index in [1.807, 2.05) is 0 Å². The number of hydrogen-bond acceptors (Lipinski definition) is 2. The third-order valence-corrected chi connectivity index (χ3v) is 3.91. The van der Waals surface area contributed by atoms with Crippen LogP contribution in [0.3, 0.4) is 0 Å². The monoisotopic (exact) mass is 211 g/mol. The van der Waals surface area contributed by atoms with Gasteiger partial charge in [-0.3, -0.25) is 9.59 Å². The molecule has 84 valence electrons. The second-order valence-electron chi connectivity index (χ2n) is 4.92. The third-order valence-electron chi connectivity index (χ3n) is 3.91. The minimum Gasteiger partial charge on any atom is -0.481 e. The molecule has 2 rings (SSSR count). The lowest BCUT2D eigenvalue weighted by Crippen LogP contribution is -2.39. The Morgan fingerprint density at radius 3 is 2.40 bits per heavy atom. The van der Waals surface area contributed by atoms with Crippen LogP contribution in [0.2, 0.25) is 0 Å². The summed E-state index contributed by atoms with van der Waals surface area (Å²) in [5.41, 5.74) is 0.355. The minimum atomic E-state index is -1.02. The number of nitrogens with zero attached hydrogens (tertiary/aromatic N) is 1. The van der Waals surface area contributed by atoms with Gasteiger partial charge in [0, 0.05) is 13.1 Å². The van der Waals surface area contributed by atoms with E-state index in [0.717, 1.165) is 19.5 Å². The smallest absolute Gasteiger partial charge is 0.315 e. The molecule has 1 spiro atoms. The number of carboxylic acid groups (broad SMARTS) is 1. The molecule has 0 aromatic rings. The largest absolute Gasteiger partial charge is 0.481 e. The molecule has 1 saturated heterocycles. The van der Waals surface area contributed by atoms with Gasteiger partial charge in [-0.15, -0.1) is 0 Å². The highest BCUT2D eigenvalue weighted by atomic mass is 16.4. The molecule has 1 aliphatic heterocycles.